The summed E-state index contributed by atoms with van der Waals surface area (Å²) >= 11 is 0. The van der Waals surface area contributed by atoms with Gasteiger partial charge >= 0.3 is 5.97 Å². The van der Waals surface area contributed by atoms with Crippen LogP contribution in [0.3, 0.4) is 0 Å². The van der Waals surface area contributed by atoms with Crippen molar-refractivity contribution in [3.05, 3.63) is 29.6 Å². The molecule has 0 radical (unpaired) electrons. The van der Waals surface area contributed by atoms with E-state index in [0.29, 0.717) is 78.1 Å². The molecular formula is C21H32F3NO8. The van der Waals surface area contributed by atoms with Gasteiger partial charge in [0.25, 0.3) is 0 Å². The van der Waals surface area contributed by atoms with Crippen molar-refractivity contribution in [3.8, 4) is 5.75 Å². The van der Waals surface area contributed by atoms with Gasteiger partial charge in [-0.1, -0.05) is 0 Å². The fourth-order valence-electron chi connectivity index (χ4n) is 2.23. The van der Waals surface area contributed by atoms with Crippen molar-refractivity contribution < 1.29 is 51.1 Å². The number of rotatable bonds is 21. The Balaban J connectivity index is 1.84. The zero-order chi connectivity index (χ0) is 24.2. The molecule has 0 aliphatic rings. The number of nitrogens with two attached hydrogens (primary N) is 1. The minimum absolute atomic E-state index is 0.0229. The molecule has 0 fully saturated rings. The van der Waals surface area contributed by atoms with E-state index in [-0.39, 0.29) is 26.2 Å². The summed E-state index contributed by atoms with van der Waals surface area (Å²) in [4.78, 5) is 11.6. The molecule has 0 bridgehead atoms. The Morgan fingerprint density at radius 3 is 1.39 bits per heavy atom. The average Bonchev–Trinajstić information content (AvgIpc) is 2.77. The van der Waals surface area contributed by atoms with Gasteiger partial charge in [-0.3, -0.25) is 4.79 Å². The number of esters is 1. The van der Waals surface area contributed by atoms with Crippen LogP contribution in [-0.2, 0) is 33.2 Å². The van der Waals surface area contributed by atoms with Crippen molar-refractivity contribution in [2.24, 2.45) is 5.73 Å². The van der Waals surface area contributed by atoms with Crippen LogP contribution in [0, 0.1) is 17.5 Å². The van der Waals surface area contributed by atoms with Gasteiger partial charge in [0, 0.05) is 18.7 Å². The number of hydrogen-bond donors (Lipinski definition) is 1. The molecule has 2 N–H and O–H groups in total. The number of carbonyl (C=O) groups excluding carboxylic acids is 1. The molecule has 0 atom stereocenters. The lowest BCUT2D eigenvalue weighted by Crippen LogP contribution is -2.16. The Morgan fingerprint density at radius 1 is 0.636 bits per heavy atom. The van der Waals surface area contributed by atoms with Crippen LogP contribution >= 0.6 is 0 Å². The molecule has 1 aromatic carbocycles. The highest BCUT2D eigenvalue weighted by atomic mass is 19.1. The van der Waals surface area contributed by atoms with Gasteiger partial charge in [0.2, 0.25) is 5.75 Å². The third-order valence-electron chi connectivity index (χ3n) is 3.75. The van der Waals surface area contributed by atoms with Gasteiger partial charge in [0.15, 0.2) is 11.6 Å². The van der Waals surface area contributed by atoms with Crippen LogP contribution in [0.5, 0.6) is 5.75 Å². The summed E-state index contributed by atoms with van der Waals surface area (Å²) in [6.07, 6.45) is -0.230. The zero-order valence-corrected chi connectivity index (χ0v) is 18.5. The second kappa shape index (κ2) is 19.6. The lowest BCUT2D eigenvalue weighted by Gasteiger charge is -2.08. The van der Waals surface area contributed by atoms with E-state index in [0.717, 1.165) is 0 Å². The van der Waals surface area contributed by atoms with E-state index < -0.39 is 29.2 Å². The van der Waals surface area contributed by atoms with E-state index in [1.807, 2.05) is 0 Å². The van der Waals surface area contributed by atoms with Crippen LogP contribution in [0.15, 0.2) is 12.1 Å². The van der Waals surface area contributed by atoms with Gasteiger partial charge < -0.3 is 38.9 Å². The summed E-state index contributed by atoms with van der Waals surface area (Å²) in [5.41, 5.74) is 5.29. The van der Waals surface area contributed by atoms with Crippen molar-refractivity contribution in [2.45, 2.75) is 6.42 Å². The monoisotopic (exact) mass is 483 g/mol. The van der Waals surface area contributed by atoms with E-state index in [1.54, 1.807) is 0 Å². The van der Waals surface area contributed by atoms with E-state index in [4.69, 9.17) is 34.2 Å². The van der Waals surface area contributed by atoms with E-state index in [9.17, 15) is 18.0 Å². The van der Waals surface area contributed by atoms with Crippen LogP contribution in [0.25, 0.3) is 0 Å². The second-order valence-electron chi connectivity index (χ2n) is 6.39. The summed E-state index contributed by atoms with van der Waals surface area (Å²) in [6, 6.07) is 0.853. The zero-order valence-electron chi connectivity index (χ0n) is 18.5. The molecule has 33 heavy (non-hydrogen) atoms. The van der Waals surface area contributed by atoms with Gasteiger partial charge in [-0.15, -0.1) is 0 Å². The van der Waals surface area contributed by atoms with Gasteiger partial charge in [-0.2, -0.15) is 0 Å². The maximum atomic E-state index is 13.4. The van der Waals surface area contributed by atoms with Crippen molar-refractivity contribution in [2.75, 3.05) is 85.8 Å². The summed E-state index contributed by atoms with van der Waals surface area (Å²) in [5.74, 6) is -5.53. The molecule has 0 aliphatic heterocycles. The molecule has 0 saturated carbocycles. The fraction of sp³-hybridized carbons (Fsp3) is 0.667. The van der Waals surface area contributed by atoms with Gasteiger partial charge in [-0.25, -0.2) is 13.2 Å². The number of carbonyl (C=O) groups is 1. The molecule has 0 spiro atoms. The Hall–Kier alpha value is -1.80. The van der Waals surface area contributed by atoms with Gasteiger partial charge in [0.05, 0.1) is 85.7 Å². The SMILES string of the molecule is NCCOCCOCCOCCOCCOCCOCCC(=O)Oc1c(F)cc(F)cc1F. The summed E-state index contributed by atoms with van der Waals surface area (Å²) < 4.78 is 75.8. The molecule has 12 heteroatoms. The topological polar surface area (TPSA) is 108 Å². The van der Waals surface area contributed by atoms with E-state index >= 15 is 0 Å². The molecule has 0 unspecified atom stereocenters. The lowest BCUT2D eigenvalue weighted by atomic mass is 10.3. The molecule has 0 aromatic heterocycles. The first-order chi connectivity index (χ1) is 16.0. The van der Waals surface area contributed by atoms with E-state index in [1.165, 1.54) is 0 Å². The van der Waals surface area contributed by atoms with Crippen molar-refractivity contribution in [3.63, 3.8) is 0 Å². The Labute approximate surface area is 191 Å². The number of hydrogen-bond acceptors (Lipinski definition) is 9. The second-order valence-corrected chi connectivity index (χ2v) is 6.39. The minimum atomic E-state index is -1.29. The summed E-state index contributed by atoms with van der Waals surface area (Å²) in [6.45, 7) is 5.07. The third-order valence-corrected chi connectivity index (χ3v) is 3.75. The first-order valence-electron chi connectivity index (χ1n) is 10.6. The quantitative estimate of drug-likeness (QED) is 0.158. The predicted octanol–water partition coefficient (Wildman–Crippen LogP) is 1.46. The van der Waals surface area contributed by atoms with Crippen LogP contribution < -0.4 is 10.5 Å². The maximum Gasteiger partial charge on any atom is 0.313 e. The van der Waals surface area contributed by atoms with Gasteiger partial charge in [-0.05, 0) is 0 Å². The highest BCUT2D eigenvalue weighted by molar-refractivity contribution is 5.72. The summed E-state index contributed by atoms with van der Waals surface area (Å²) in [5, 5.41) is 0. The Kier molecular flexibility index (Phi) is 17.4. The highest BCUT2D eigenvalue weighted by Gasteiger charge is 2.16. The lowest BCUT2D eigenvalue weighted by molar-refractivity contribution is -0.136. The highest BCUT2D eigenvalue weighted by Crippen LogP contribution is 2.23. The fourth-order valence-corrected chi connectivity index (χ4v) is 2.23. The molecule has 0 saturated heterocycles. The largest absolute Gasteiger partial charge is 0.420 e. The molecular weight excluding hydrogens is 451 g/mol. The first kappa shape index (κ1) is 29.2. The molecule has 0 aliphatic carbocycles. The van der Waals surface area contributed by atoms with Crippen molar-refractivity contribution in [1.82, 2.24) is 0 Å². The van der Waals surface area contributed by atoms with E-state index in [2.05, 4.69) is 4.74 Å². The number of benzene rings is 1. The average molecular weight is 483 g/mol. The standard InChI is InChI=1S/C21H32F3NO8/c22-17-15-18(23)21(19(24)16-17)33-20(26)1-3-27-5-7-29-9-11-31-13-14-32-12-10-30-8-6-28-4-2-25/h15-16H,1-14,25H2. The summed E-state index contributed by atoms with van der Waals surface area (Å²) in [7, 11) is 0. The van der Waals surface area contributed by atoms with Crippen LogP contribution in [0.4, 0.5) is 13.2 Å². The van der Waals surface area contributed by atoms with Crippen LogP contribution in [0.1, 0.15) is 6.42 Å². The van der Waals surface area contributed by atoms with Crippen LogP contribution in [-0.4, -0.2) is 91.8 Å². The Morgan fingerprint density at radius 2 is 1.00 bits per heavy atom. The molecule has 0 amide bonds. The normalized spacial score (nSPS) is 11.2. The first-order valence-corrected chi connectivity index (χ1v) is 10.6. The third kappa shape index (κ3) is 15.6. The molecule has 1 aromatic rings. The molecule has 0 heterocycles. The number of halogens is 3. The molecule has 190 valence electrons. The molecule has 9 nitrogen and oxygen atoms in total. The smallest absolute Gasteiger partial charge is 0.313 e. The van der Waals surface area contributed by atoms with Crippen LogP contribution in [0.2, 0.25) is 0 Å². The number of ether oxygens (including phenoxy) is 7. The maximum absolute atomic E-state index is 13.4. The molecule has 1 rings (SSSR count). The van der Waals surface area contributed by atoms with Crippen molar-refractivity contribution in [1.29, 1.82) is 0 Å². The minimum Gasteiger partial charge on any atom is -0.420 e. The predicted molar refractivity (Wildman–Crippen MR) is 111 cm³/mol. The van der Waals surface area contributed by atoms with Gasteiger partial charge in [0.1, 0.15) is 5.82 Å². The van der Waals surface area contributed by atoms with Crippen molar-refractivity contribution >= 4 is 5.97 Å². The Bertz CT molecular complexity index is 631.